The Morgan fingerprint density at radius 2 is 1.89 bits per heavy atom. The van der Waals surface area contributed by atoms with Gasteiger partial charge in [-0.2, -0.15) is 0 Å². The number of rotatable bonds is 11. The molecule has 37 heavy (non-hydrogen) atoms. The highest BCUT2D eigenvalue weighted by Gasteiger charge is 2.49. The second kappa shape index (κ2) is 12.3. The fraction of sp³-hybridized carbons (Fsp3) is 0.421. The highest BCUT2D eigenvalue weighted by molar-refractivity contribution is 7.64. The normalized spacial score (nSPS) is 24.6. The van der Waals surface area contributed by atoms with E-state index in [9.17, 15) is 38.4 Å². The number of nitrogens with one attached hydrogen (secondary N) is 2. The molecular weight excluding hydrogens is 538 g/mol. The van der Waals surface area contributed by atoms with Crippen LogP contribution in [0.5, 0.6) is 0 Å². The number of nitrogens with zero attached hydrogens (tertiary/aromatic N) is 1. The number of ether oxygens (including phenoxy) is 2. The number of nitrogens with two attached hydrogens (primary N) is 1. The first-order valence-corrected chi connectivity index (χ1v) is 14.0. The summed E-state index contributed by atoms with van der Waals surface area (Å²) in [5.41, 5.74) is 3.93. The third-order valence-corrected chi connectivity index (χ3v) is 8.18. The van der Waals surface area contributed by atoms with E-state index in [0.717, 1.165) is 16.8 Å². The van der Waals surface area contributed by atoms with E-state index < -0.39 is 70.1 Å². The van der Waals surface area contributed by atoms with E-state index in [1.807, 2.05) is 4.98 Å². The van der Waals surface area contributed by atoms with Gasteiger partial charge in [0.05, 0.1) is 12.8 Å². The number of hydrogen-bond acceptors (Lipinski definition) is 11. The van der Waals surface area contributed by atoms with Gasteiger partial charge in [-0.3, -0.25) is 28.8 Å². The number of aliphatic hydroxyl groups excluding tert-OH is 1. The van der Waals surface area contributed by atoms with E-state index >= 15 is 0 Å². The molecule has 2 heterocycles. The van der Waals surface area contributed by atoms with Gasteiger partial charge in [-0.05, 0) is 25.1 Å². The minimum atomic E-state index is -5.12. The first-order valence-electron chi connectivity index (χ1n) is 10.8. The molecule has 1 aliphatic rings. The van der Waals surface area contributed by atoms with E-state index in [4.69, 9.17) is 19.7 Å². The molecule has 0 bridgehead atoms. The van der Waals surface area contributed by atoms with Crippen molar-refractivity contribution < 1.29 is 47.1 Å². The van der Waals surface area contributed by atoms with Crippen molar-refractivity contribution in [2.24, 2.45) is 5.73 Å². The van der Waals surface area contributed by atoms with Crippen molar-refractivity contribution >= 4 is 27.2 Å². The molecule has 1 saturated heterocycles. The number of aromatic amines is 1. The number of aliphatic hydroxyl groups is 1. The Balaban J connectivity index is 1.76. The van der Waals surface area contributed by atoms with Gasteiger partial charge in [0.2, 0.25) is 0 Å². The van der Waals surface area contributed by atoms with Gasteiger partial charge in [0.1, 0.15) is 12.2 Å². The number of hydrogen-bond donors (Lipinski definition) is 6. The van der Waals surface area contributed by atoms with Crippen molar-refractivity contribution in [3.8, 4) is 0 Å². The van der Waals surface area contributed by atoms with Crippen LogP contribution in [-0.2, 0) is 27.4 Å². The number of H-pyrrole nitrogens is 1. The summed E-state index contributed by atoms with van der Waals surface area (Å²) in [7, 11) is -9.64. The molecule has 1 aliphatic heterocycles. The van der Waals surface area contributed by atoms with Crippen LogP contribution in [0.25, 0.3) is 0 Å². The van der Waals surface area contributed by atoms with Crippen LogP contribution >= 0.6 is 15.4 Å². The zero-order chi connectivity index (χ0) is 27.2. The molecule has 18 heteroatoms. The molecule has 0 radical (unpaired) electrons. The first-order chi connectivity index (χ1) is 17.4. The van der Waals surface area contributed by atoms with Crippen LogP contribution in [0.2, 0.25) is 0 Å². The minimum absolute atomic E-state index is 0.0390. The number of para-hydroxylation sites is 1. The van der Waals surface area contributed by atoms with Gasteiger partial charge < -0.3 is 30.1 Å². The smallest absolute Gasteiger partial charge is 0.438 e. The van der Waals surface area contributed by atoms with E-state index in [2.05, 4.69) is 9.63 Å². The Labute approximate surface area is 209 Å². The summed E-state index contributed by atoms with van der Waals surface area (Å²) in [4.78, 5) is 57.7. The van der Waals surface area contributed by atoms with Crippen molar-refractivity contribution in [2.75, 3.05) is 24.6 Å². The molecule has 1 aromatic heterocycles. The topological polar surface area (TPSA) is 242 Å². The largest absolute Gasteiger partial charge is 0.479 e. The Kier molecular flexibility index (Phi) is 9.58. The molecule has 1 amide bonds. The second-order valence-electron chi connectivity index (χ2n) is 7.78. The molecule has 3 unspecified atom stereocenters. The molecule has 1 aromatic carbocycles. The van der Waals surface area contributed by atoms with E-state index in [0.29, 0.717) is 5.69 Å². The van der Waals surface area contributed by atoms with Gasteiger partial charge in [-0.1, -0.05) is 18.2 Å². The second-order valence-corrected chi connectivity index (χ2v) is 11.4. The number of phosphoric acid groups is 1. The summed E-state index contributed by atoms with van der Waals surface area (Å²) in [5, 5.41) is 13.2. The standard InChI is InChI=1S/C19H26N4O12P2/c20-8-4-10-36(28,29)35-37(30,31)32-11-13-15(25)16(34-19(27)21-12-5-2-1-3-6-12)17(33-13)23-9-7-14(24)22-18(23)26/h1-3,5-7,9,13,15-17,25H,4,8,10-11,20H2,(H,21,27)(H,28,29)(H,30,31)(H,22,24,26)/t13-,15?,16+,17-/m1/s1. The van der Waals surface area contributed by atoms with E-state index in [-0.39, 0.29) is 13.0 Å². The number of benzene rings is 1. The lowest BCUT2D eigenvalue weighted by molar-refractivity contribution is -0.0550. The molecular formula is C19H26N4O12P2. The molecule has 6 atom stereocenters. The third kappa shape index (κ3) is 8.17. The highest BCUT2D eigenvalue weighted by atomic mass is 31.3. The number of aromatic nitrogens is 2. The number of amides is 1. The minimum Gasteiger partial charge on any atom is -0.438 e. The van der Waals surface area contributed by atoms with Crippen LogP contribution in [-0.4, -0.2) is 68.2 Å². The molecule has 204 valence electrons. The summed E-state index contributed by atoms with van der Waals surface area (Å²) in [6.07, 6.45) is -6.71. The molecule has 0 aliphatic carbocycles. The van der Waals surface area contributed by atoms with Gasteiger partial charge in [0.25, 0.3) is 5.56 Å². The maximum Gasteiger partial charge on any atom is 0.479 e. The first kappa shape index (κ1) is 28.9. The highest BCUT2D eigenvalue weighted by Crippen LogP contribution is 2.60. The average Bonchev–Trinajstić information content (AvgIpc) is 3.11. The Bertz CT molecular complexity index is 1290. The molecule has 3 rings (SSSR count). The SMILES string of the molecule is NCCCP(=O)(O)OP(=O)(O)OC[C@H]1O[C@@H](n2ccc(=O)[nH]c2=O)[C@@H](OC(=O)Nc2ccccc2)C1O. The summed E-state index contributed by atoms with van der Waals surface area (Å²) in [6, 6.07) is 9.13. The molecule has 0 saturated carbocycles. The number of phosphoric ester groups is 1. The van der Waals surface area contributed by atoms with Gasteiger partial charge in [-0.25, -0.2) is 18.5 Å². The predicted molar refractivity (Wildman–Crippen MR) is 127 cm³/mol. The van der Waals surface area contributed by atoms with Crippen molar-refractivity contribution in [3.63, 3.8) is 0 Å². The van der Waals surface area contributed by atoms with Gasteiger partial charge >= 0.3 is 27.2 Å². The van der Waals surface area contributed by atoms with E-state index in [1.54, 1.807) is 30.3 Å². The summed E-state index contributed by atoms with van der Waals surface area (Å²) < 4.78 is 44.8. The van der Waals surface area contributed by atoms with Crippen LogP contribution in [0.1, 0.15) is 12.6 Å². The van der Waals surface area contributed by atoms with Crippen molar-refractivity contribution in [1.29, 1.82) is 0 Å². The lowest BCUT2D eigenvalue weighted by atomic mass is 10.1. The maximum atomic E-state index is 12.4. The Morgan fingerprint density at radius 3 is 2.54 bits per heavy atom. The van der Waals surface area contributed by atoms with E-state index in [1.165, 1.54) is 0 Å². The van der Waals surface area contributed by atoms with Gasteiger partial charge in [0.15, 0.2) is 12.3 Å². The Morgan fingerprint density at radius 1 is 1.19 bits per heavy atom. The van der Waals surface area contributed by atoms with Crippen LogP contribution < -0.4 is 22.3 Å². The maximum absolute atomic E-state index is 12.4. The summed E-state index contributed by atoms with van der Waals surface area (Å²) in [5.74, 6) is 0. The van der Waals surface area contributed by atoms with Crippen LogP contribution in [0.3, 0.4) is 0 Å². The monoisotopic (exact) mass is 564 g/mol. The van der Waals surface area contributed by atoms with Gasteiger partial charge in [-0.15, -0.1) is 0 Å². The van der Waals surface area contributed by atoms with Crippen LogP contribution in [0, 0.1) is 0 Å². The molecule has 0 spiro atoms. The lowest BCUT2D eigenvalue weighted by Gasteiger charge is -2.22. The van der Waals surface area contributed by atoms with Crippen molar-refractivity contribution in [1.82, 2.24) is 9.55 Å². The number of carbonyl (C=O) groups is 1. The lowest BCUT2D eigenvalue weighted by Crippen LogP contribution is -2.41. The molecule has 2 aromatic rings. The van der Waals surface area contributed by atoms with Crippen molar-refractivity contribution in [2.45, 2.75) is 31.0 Å². The quantitative estimate of drug-likeness (QED) is 0.198. The number of anilines is 1. The zero-order valence-corrected chi connectivity index (χ0v) is 20.9. The van der Waals surface area contributed by atoms with Gasteiger partial charge in [0, 0.05) is 18.0 Å². The molecule has 1 fully saturated rings. The summed E-state index contributed by atoms with van der Waals surface area (Å²) >= 11 is 0. The fourth-order valence-corrected chi connectivity index (χ4v) is 6.03. The van der Waals surface area contributed by atoms with Crippen molar-refractivity contribution in [3.05, 3.63) is 63.4 Å². The van der Waals surface area contributed by atoms with Crippen LogP contribution in [0.4, 0.5) is 10.5 Å². The fourth-order valence-electron chi connectivity index (χ4n) is 3.31. The Hall–Kier alpha value is -2.65. The third-order valence-electron chi connectivity index (χ3n) is 4.98. The molecule has 7 N–H and O–H groups in total. The zero-order valence-electron chi connectivity index (χ0n) is 19.1. The summed E-state index contributed by atoms with van der Waals surface area (Å²) in [6.45, 7) is -0.835. The number of carbonyl (C=O) groups excluding carboxylic acids is 1. The average molecular weight is 564 g/mol. The molecule has 16 nitrogen and oxygen atoms in total. The predicted octanol–water partition coefficient (Wildman–Crippen LogP) is 0.0800. The van der Waals surface area contributed by atoms with Crippen LogP contribution in [0.15, 0.2) is 52.2 Å².